The van der Waals surface area contributed by atoms with Crippen molar-refractivity contribution in [3.05, 3.63) is 105 Å². The molecule has 3 aliphatic carbocycles. The largest absolute Gasteiger partial charge is 0.207 e. The van der Waals surface area contributed by atoms with Crippen molar-refractivity contribution in [3.63, 3.8) is 0 Å². The lowest BCUT2D eigenvalue weighted by Crippen LogP contribution is -2.23. The Labute approximate surface area is 198 Å². The molecular formula is C32H35F. The minimum absolute atomic E-state index is 0.108. The topological polar surface area (TPSA) is 0 Å². The molecule has 0 nitrogen and oxygen atoms in total. The predicted molar refractivity (Wildman–Crippen MR) is 135 cm³/mol. The van der Waals surface area contributed by atoms with Gasteiger partial charge in [-0.15, -0.1) is 0 Å². The van der Waals surface area contributed by atoms with Gasteiger partial charge in [-0.25, -0.2) is 4.39 Å². The van der Waals surface area contributed by atoms with E-state index in [0.717, 1.165) is 6.42 Å². The Morgan fingerprint density at radius 2 is 1.52 bits per heavy atom. The zero-order valence-corrected chi connectivity index (χ0v) is 20.6. The Balaban J connectivity index is 1.37. The Bertz CT molecular complexity index is 1250. The van der Waals surface area contributed by atoms with E-state index in [1.807, 2.05) is 6.07 Å². The Hall–Kier alpha value is -2.41. The molecule has 1 heteroatoms. The van der Waals surface area contributed by atoms with Gasteiger partial charge in [0.25, 0.3) is 0 Å². The van der Waals surface area contributed by atoms with Gasteiger partial charge in [-0.1, -0.05) is 77.1 Å². The van der Waals surface area contributed by atoms with E-state index < -0.39 is 0 Å². The van der Waals surface area contributed by atoms with Crippen LogP contribution in [0.3, 0.4) is 0 Å². The zero-order chi connectivity index (χ0) is 23.1. The van der Waals surface area contributed by atoms with Crippen LogP contribution in [0.4, 0.5) is 4.39 Å². The lowest BCUT2D eigenvalue weighted by atomic mass is 9.72. The van der Waals surface area contributed by atoms with Gasteiger partial charge in [0.15, 0.2) is 0 Å². The average Bonchev–Trinajstić information content (AvgIpc) is 3.38. The molecule has 33 heavy (non-hydrogen) atoms. The van der Waals surface area contributed by atoms with Crippen molar-refractivity contribution >= 4 is 0 Å². The molecule has 3 aromatic carbocycles. The van der Waals surface area contributed by atoms with E-state index in [9.17, 15) is 4.39 Å². The fourth-order valence-electron chi connectivity index (χ4n) is 7.71. The molecule has 0 bridgehead atoms. The Kier molecular flexibility index (Phi) is 4.67. The first-order valence-electron chi connectivity index (χ1n) is 12.8. The molecule has 0 fully saturated rings. The van der Waals surface area contributed by atoms with E-state index in [0.29, 0.717) is 29.6 Å². The average molecular weight is 439 g/mol. The van der Waals surface area contributed by atoms with Crippen LogP contribution >= 0.6 is 0 Å². The smallest absolute Gasteiger partial charge is 0.123 e. The minimum Gasteiger partial charge on any atom is -0.207 e. The van der Waals surface area contributed by atoms with Gasteiger partial charge >= 0.3 is 0 Å². The first-order valence-corrected chi connectivity index (χ1v) is 12.8. The summed E-state index contributed by atoms with van der Waals surface area (Å²) in [6, 6.07) is 20.0. The van der Waals surface area contributed by atoms with Crippen LogP contribution in [0.2, 0.25) is 0 Å². The Morgan fingerprint density at radius 1 is 0.758 bits per heavy atom. The van der Waals surface area contributed by atoms with Crippen LogP contribution in [0, 0.1) is 5.82 Å². The standard InChI is InChI=1S/C32H35F/c1-18-6-7-21-8-9-23(16-27(18)21)31-20(3)29-15-22(10-13-30(29)32(31,4)5)28-17-24-14-25(33)11-12-26(24)19(28)2/h8-16,18-20,28,31H,6-7,17H2,1-5H3/t18-,19+,20+,28?,31?/m0/s1. The number of benzene rings is 3. The second-order valence-corrected chi connectivity index (χ2v) is 11.7. The van der Waals surface area contributed by atoms with E-state index in [-0.39, 0.29) is 11.2 Å². The summed E-state index contributed by atoms with van der Waals surface area (Å²) < 4.78 is 13.8. The second-order valence-electron chi connectivity index (χ2n) is 11.7. The summed E-state index contributed by atoms with van der Waals surface area (Å²) in [6.07, 6.45) is 3.46. The SMILES string of the molecule is C[C@@H]1c2ccc(F)cc2CC1c1ccc2c(c1)[C@@H](C)C(c1ccc3c(c1)[C@@H](C)CC3)C2(C)C. The monoisotopic (exact) mass is 438 g/mol. The molecule has 0 saturated carbocycles. The van der Waals surface area contributed by atoms with Crippen LogP contribution in [0.1, 0.15) is 115 Å². The third-order valence-corrected chi connectivity index (χ3v) is 9.51. The molecule has 0 N–H and O–H groups in total. The molecular weight excluding hydrogens is 403 g/mol. The highest BCUT2D eigenvalue weighted by Crippen LogP contribution is 2.57. The summed E-state index contributed by atoms with van der Waals surface area (Å²) in [7, 11) is 0. The van der Waals surface area contributed by atoms with Crippen LogP contribution < -0.4 is 0 Å². The van der Waals surface area contributed by atoms with Crippen molar-refractivity contribution in [2.45, 2.75) is 88.9 Å². The maximum absolute atomic E-state index is 13.8. The number of rotatable bonds is 2. The number of fused-ring (bicyclic) bond motifs is 3. The fourth-order valence-corrected chi connectivity index (χ4v) is 7.71. The van der Waals surface area contributed by atoms with Crippen molar-refractivity contribution < 1.29 is 4.39 Å². The molecule has 0 aromatic heterocycles. The number of hydrogen-bond acceptors (Lipinski definition) is 0. The van der Waals surface area contributed by atoms with E-state index in [4.69, 9.17) is 0 Å². The molecule has 0 aliphatic heterocycles. The number of halogens is 1. The molecule has 0 radical (unpaired) electrons. The lowest BCUT2D eigenvalue weighted by molar-refractivity contribution is 0.411. The number of hydrogen-bond donors (Lipinski definition) is 0. The molecule has 3 aliphatic rings. The van der Waals surface area contributed by atoms with Crippen LogP contribution in [0.15, 0.2) is 54.6 Å². The van der Waals surface area contributed by atoms with Crippen molar-refractivity contribution in [1.82, 2.24) is 0 Å². The van der Waals surface area contributed by atoms with Crippen molar-refractivity contribution in [3.8, 4) is 0 Å². The van der Waals surface area contributed by atoms with Gasteiger partial charge in [-0.05, 0) is 111 Å². The first kappa shape index (κ1) is 21.1. The molecule has 5 atom stereocenters. The molecule has 6 rings (SSSR count). The van der Waals surface area contributed by atoms with E-state index >= 15 is 0 Å². The Morgan fingerprint density at radius 3 is 2.33 bits per heavy atom. The van der Waals surface area contributed by atoms with Crippen molar-refractivity contribution in [1.29, 1.82) is 0 Å². The highest BCUT2D eigenvalue weighted by Gasteiger charge is 2.45. The normalized spacial score (nSPS) is 29.1. The van der Waals surface area contributed by atoms with Crippen LogP contribution in [0.25, 0.3) is 0 Å². The van der Waals surface area contributed by atoms with Gasteiger partial charge in [0, 0.05) is 0 Å². The summed E-state index contributed by atoms with van der Waals surface area (Å²) in [6.45, 7) is 12.0. The van der Waals surface area contributed by atoms with E-state index in [1.54, 1.807) is 23.3 Å². The highest BCUT2D eigenvalue weighted by atomic mass is 19.1. The van der Waals surface area contributed by atoms with E-state index in [2.05, 4.69) is 71.0 Å². The molecule has 170 valence electrons. The summed E-state index contributed by atoms with van der Waals surface area (Å²) in [5, 5.41) is 0. The zero-order valence-electron chi connectivity index (χ0n) is 20.6. The van der Waals surface area contributed by atoms with Gasteiger partial charge in [-0.2, -0.15) is 0 Å². The molecule has 0 saturated heterocycles. The van der Waals surface area contributed by atoms with Gasteiger partial charge in [0.1, 0.15) is 5.82 Å². The fraction of sp³-hybridized carbons (Fsp3) is 0.438. The maximum atomic E-state index is 13.8. The maximum Gasteiger partial charge on any atom is 0.123 e. The predicted octanol–water partition coefficient (Wildman–Crippen LogP) is 8.50. The van der Waals surface area contributed by atoms with Gasteiger partial charge in [0.2, 0.25) is 0 Å². The quantitative estimate of drug-likeness (QED) is 0.376. The van der Waals surface area contributed by atoms with E-state index in [1.165, 1.54) is 46.2 Å². The second kappa shape index (κ2) is 7.29. The van der Waals surface area contributed by atoms with Crippen molar-refractivity contribution in [2.24, 2.45) is 0 Å². The minimum atomic E-state index is -0.113. The van der Waals surface area contributed by atoms with Crippen LogP contribution in [-0.2, 0) is 18.3 Å². The molecule has 0 heterocycles. The first-order chi connectivity index (χ1) is 15.8. The molecule has 0 spiro atoms. The summed E-state index contributed by atoms with van der Waals surface area (Å²) in [5.41, 5.74) is 11.7. The third kappa shape index (κ3) is 3.07. The lowest BCUT2D eigenvalue weighted by Gasteiger charge is -2.31. The van der Waals surface area contributed by atoms with Crippen LogP contribution in [-0.4, -0.2) is 0 Å². The molecule has 0 amide bonds. The van der Waals surface area contributed by atoms with Gasteiger partial charge in [-0.3, -0.25) is 0 Å². The number of aryl methyl sites for hydroxylation is 1. The molecule has 3 aromatic rings. The third-order valence-electron chi connectivity index (χ3n) is 9.51. The summed E-state index contributed by atoms with van der Waals surface area (Å²) >= 11 is 0. The summed E-state index contributed by atoms with van der Waals surface area (Å²) in [5.74, 6) is 2.41. The summed E-state index contributed by atoms with van der Waals surface area (Å²) in [4.78, 5) is 0. The van der Waals surface area contributed by atoms with Crippen LogP contribution in [0.5, 0.6) is 0 Å². The highest BCUT2D eigenvalue weighted by molar-refractivity contribution is 5.53. The molecule has 2 unspecified atom stereocenters. The van der Waals surface area contributed by atoms with Gasteiger partial charge < -0.3 is 0 Å². The van der Waals surface area contributed by atoms with Crippen molar-refractivity contribution in [2.75, 3.05) is 0 Å². The van der Waals surface area contributed by atoms with Gasteiger partial charge in [0.05, 0.1) is 0 Å².